The summed E-state index contributed by atoms with van der Waals surface area (Å²) in [7, 11) is 1.66. The molecule has 4 rings (SSSR count). The molecule has 142 valence electrons. The van der Waals surface area contributed by atoms with Crippen molar-refractivity contribution in [3.8, 4) is 5.75 Å². The second-order valence-electron chi connectivity index (χ2n) is 6.54. The van der Waals surface area contributed by atoms with Crippen molar-refractivity contribution in [2.45, 2.75) is 13.5 Å². The maximum absolute atomic E-state index is 12.9. The Morgan fingerprint density at radius 3 is 2.64 bits per heavy atom. The molecule has 4 aromatic rings. The van der Waals surface area contributed by atoms with Gasteiger partial charge in [0, 0.05) is 29.0 Å². The number of carbonyl (C=O) groups is 1. The summed E-state index contributed by atoms with van der Waals surface area (Å²) >= 11 is 13.6. The Morgan fingerprint density at radius 1 is 1.21 bits per heavy atom. The minimum atomic E-state index is -0.326. The number of nitrogens with zero attached hydrogens (tertiary/aromatic N) is 3. The van der Waals surface area contributed by atoms with E-state index in [9.17, 15) is 9.90 Å². The summed E-state index contributed by atoms with van der Waals surface area (Å²) < 4.78 is 0.973. The maximum atomic E-state index is 12.9. The van der Waals surface area contributed by atoms with Crippen molar-refractivity contribution in [3.05, 3.63) is 62.6 Å². The van der Waals surface area contributed by atoms with Gasteiger partial charge in [0.05, 0.1) is 15.8 Å². The molecule has 0 bridgehead atoms. The molecule has 0 saturated carbocycles. The molecule has 0 aliphatic carbocycles. The third-order valence-corrected chi connectivity index (χ3v) is 5.95. The lowest BCUT2D eigenvalue weighted by Crippen LogP contribution is -2.26. The van der Waals surface area contributed by atoms with Crippen LogP contribution in [-0.2, 0) is 6.54 Å². The third kappa shape index (κ3) is 3.28. The Kier molecular flexibility index (Phi) is 4.87. The van der Waals surface area contributed by atoms with E-state index >= 15 is 0 Å². The Labute approximate surface area is 175 Å². The standard InChI is InChI=1S/C20H15Cl2N3O2S/c1-10-14-3-4-15(17(26)16(14)24-19-18(10)28-9-23-19)20(27)25(2)8-11-5-12(21)7-13(22)6-11/h3-7,9,26H,8H2,1-2H3. The average molecular weight is 432 g/mol. The summed E-state index contributed by atoms with van der Waals surface area (Å²) in [5, 5.41) is 12.6. The minimum Gasteiger partial charge on any atom is -0.505 e. The number of benzene rings is 2. The van der Waals surface area contributed by atoms with Crippen molar-refractivity contribution in [1.82, 2.24) is 14.9 Å². The van der Waals surface area contributed by atoms with Crippen LogP contribution in [0.2, 0.25) is 10.0 Å². The highest BCUT2D eigenvalue weighted by atomic mass is 35.5. The Hall–Kier alpha value is -2.41. The van der Waals surface area contributed by atoms with Crippen molar-refractivity contribution in [3.63, 3.8) is 0 Å². The second kappa shape index (κ2) is 7.20. The molecule has 0 radical (unpaired) electrons. The van der Waals surface area contributed by atoms with Crippen LogP contribution in [0.3, 0.4) is 0 Å². The minimum absolute atomic E-state index is 0.142. The van der Waals surface area contributed by atoms with Crippen LogP contribution in [0.4, 0.5) is 0 Å². The number of aryl methyl sites for hydroxylation is 1. The lowest BCUT2D eigenvalue weighted by atomic mass is 10.0. The highest BCUT2D eigenvalue weighted by Gasteiger charge is 2.20. The molecule has 5 nitrogen and oxygen atoms in total. The van der Waals surface area contributed by atoms with Gasteiger partial charge in [0.1, 0.15) is 5.52 Å². The molecule has 1 amide bonds. The average Bonchev–Trinajstić information content (AvgIpc) is 3.10. The van der Waals surface area contributed by atoms with Crippen LogP contribution >= 0.6 is 34.5 Å². The molecule has 0 aliphatic heterocycles. The third-order valence-electron chi connectivity index (χ3n) is 4.58. The molecule has 0 saturated heterocycles. The number of halogens is 2. The molecule has 8 heteroatoms. The number of fused-ring (bicyclic) bond motifs is 2. The number of carbonyl (C=O) groups excluding carboxylic acids is 1. The van der Waals surface area contributed by atoms with Gasteiger partial charge < -0.3 is 10.0 Å². The molecular formula is C20H15Cl2N3O2S. The largest absolute Gasteiger partial charge is 0.505 e. The monoisotopic (exact) mass is 431 g/mol. The van der Waals surface area contributed by atoms with Crippen LogP contribution in [0, 0.1) is 6.92 Å². The molecule has 1 N–H and O–H groups in total. The zero-order chi connectivity index (χ0) is 20.0. The van der Waals surface area contributed by atoms with Gasteiger partial charge in [-0.25, -0.2) is 9.97 Å². The predicted octanol–water partition coefficient (Wildman–Crippen LogP) is 5.44. The Bertz CT molecular complexity index is 1220. The van der Waals surface area contributed by atoms with Gasteiger partial charge in [-0.15, -0.1) is 11.3 Å². The zero-order valence-electron chi connectivity index (χ0n) is 15.0. The lowest BCUT2D eigenvalue weighted by molar-refractivity contribution is 0.0782. The molecule has 2 aromatic carbocycles. The second-order valence-corrected chi connectivity index (χ2v) is 8.27. The van der Waals surface area contributed by atoms with Crippen LogP contribution in [0.25, 0.3) is 21.3 Å². The molecule has 0 unspecified atom stereocenters. The van der Waals surface area contributed by atoms with E-state index in [1.54, 1.807) is 36.8 Å². The Morgan fingerprint density at radius 2 is 1.93 bits per heavy atom. The van der Waals surface area contributed by atoms with Crippen molar-refractivity contribution >= 4 is 61.7 Å². The van der Waals surface area contributed by atoms with Gasteiger partial charge in [-0.1, -0.05) is 29.3 Å². The van der Waals surface area contributed by atoms with Crippen LogP contribution in [0.5, 0.6) is 5.75 Å². The summed E-state index contributed by atoms with van der Waals surface area (Å²) in [5.41, 5.74) is 4.63. The van der Waals surface area contributed by atoms with Crippen LogP contribution in [0.15, 0.2) is 35.8 Å². The normalized spacial score (nSPS) is 11.3. The number of aromatic nitrogens is 2. The van der Waals surface area contributed by atoms with E-state index in [1.807, 2.05) is 13.0 Å². The number of hydrogen-bond donors (Lipinski definition) is 1. The SMILES string of the molecule is Cc1c2ccc(C(=O)N(C)Cc3cc(Cl)cc(Cl)c3)c(O)c2nc2ncsc12. The number of amides is 1. The molecule has 0 aliphatic rings. The first-order chi connectivity index (χ1) is 13.3. The van der Waals surface area contributed by atoms with E-state index in [0.29, 0.717) is 27.8 Å². The van der Waals surface area contributed by atoms with Crippen LogP contribution < -0.4 is 0 Å². The topological polar surface area (TPSA) is 66.3 Å². The van der Waals surface area contributed by atoms with Crippen molar-refractivity contribution in [2.75, 3.05) is 7.05 Å². The first-order valence-electron chi connectivity index (χ1n) is 8.41. The van der Waals surface area contributed by atoms with Gasteiger partial charge in [0.2, 0.25) is 0 Å². The van der Waals surface area contributed by atoms with Gasteiger partial charge in [-0.2, -0.15) is 0 Å². The van der Waals surface area contributed by atoms with E-state index < -0.39 is 0 Å². The fourth-order valence-corrected chi connectivity index (χ4v) is 4.55. The molecule has 28 heavy (non-hydrogen) atoms. The number of hydrogen-bond acceptors (Lipinski definition) is 5. The molecule has 2 aromatic heterocycles. The maximum Gasteiger partial charge on any atom is 0.257 e. The first-order valence-corrected chi connectivity index (χ1v) is 10.0. The highest BCUT2D eigenvalue weighted by Crippen LogP contribution is 2.34. The molecular weight excluding hydrogens is 417 g/mol. The Balaban J connectivity index is 1.72. The fraction of sp³-hybridized carbons (Fsp3) is 0.150. The lowest BCUT2D eigenvalue weighted by Gasteiger charge is -2.19. The fourth-order valence-electron chi connectivity index (χ4n) is 3.23. The van der Waals surface area contributed by atoms with Gasteiger partial charge in [-0.3, -0.25) is 4.79 Å². The summed E-state index contributed by atoms with van der Waals surface area (Å²) in [4.78, 5) is 23.1. The van der Waals surface area contributed by atoms with Crippen LogP contribution in [0.1, 0.15) is 21.5 Å². The van der Waals surface area contributed by atoms with E-state index in [2.05, 4.69) is 9.97 Å². The van der Waals surface area contributed by atoms with E-state index in [1.165, 1.54) is 16.2 Å². The summed E-state index contributed by atoms with van der Waals surface area (Å²) in [5.74, 6) is -0.468. The zero-order valence-corrected chi connectivity index (χ0v) is 17.4. The summed E-state index contributed by atoms with van der Waals surface area (Å²) in [6.45, 7) is 2.26. The molecule has 0 spiro atoms. The number of rotatable bonds is 3. The summed E-state index contributed by atoms with van der Waals surface area (Å²) in [6, 6.07) is 8.58. The molecule has 2 heterocycles. The van der Waals surface area contributed by atoms with E-state index in [0.717, 1.165) is 21.2 Å². The van der Waals surface area contributed by atoms with E-state index in [4.69, 9.17) is 23.2 Å². The highest BCUT2D eigenvalue weighted by molar-refractivity contribution is 7.17. The van der Waals surface area contributed by atoms with Gasteiger partial charge in [0.25, 0.3) is 5.91 Å². The first kappa shape index (κ1) is 18.9. The predicted molar refractivity (Wildman–Crippen MR) is 114 cm³/mol. The number of pyridine rings is 1. The molecule has 0 atom stereocenters. The van der Waals surface area contributed by atoms with Crippen LogP contribution in [-0.4, -0.2) is 32.9 Å². The van der Waals surface area contributed by atoms with Gasteiger partial charge >= 0.3 is 0 Å². The number of aromatic hydroxyl groups is 1. The van der Waals surface area contributed by atoms with Crippen molar-refractivity contribution in [1.29, 1.82) is 0 Å². The summed E-state index contributed by atoms with van der Waals surface area (Å²) in [6.07, 6.45) is 0. The number of phenolic OH excluding ortho intramolecular Hbond substituents is 1. The van der Waals surface area contributed by atoms with Gasteiger partial charge in [-0.05, 0) is 42.3 Å². The smallest absolute Gasteiger partial charge is 0.257 e. The van der Waals surface area contributed by atoms with E-state index in [-0.39, 0.29) is 17.2 Å². The quantitative estimate of drug-likeness (QED) is 0.468. The van der Waals surface area contributed by atoms with Crippen molar-refractivity contribution in [2.24, 2.45) is 0 Å². The van der Waals surface area contributed by atoms with Gasteiger partial charge in [0.15, 0.2) is 11.4 Å². The van der Waals surface area contributed by atoms with Crippen molar-refractivity contribution < 1.29 is 9.90 Å². The number of thiazole rings is 1. The number of phenols is 1. The molecule has 0 fully saturated rings.